The molecular formula is C19H27N3O2. The summed E-state index contributed by atoms with van der Waals surface area (Å²) in [5.41, 5.74) is 2.92. The number of piperidine rings is 1. The molecule has 0 radical (unpaired) electrons. The molecule has 2 heterocycles. The molecule has 5 nitrogen and oxygen atoms in total. The lowest BCUT2D eigenvalue weighted by Crippen LogP contribution is -2.43. The van der Waals surface area contributed by atoms with Gasteiger partial charge in [0, 0.05) is 26.7 Å². The van der Waals surface area contributed by atoms with Gasteiger partial charge in [0.1, 0.15) is 0 Å². The normalized spacial score (nSPS) is 17.5. The van der Waals surface area contributed by atoms with Crippen molar-refractivity contribution >= 4 is 16.9 Å². The minimum atomic E-state index is -0.0127. The van der Waals surface area contributed by atoms with E-state index in [0.717, 1.165) is 42.1 Å². The molecule has 0 unspecified atom stereocenters. The predicted octanol–water partition coefficient (Wildman–Crippen LogP) is 2.40. The van der Waals surface area contributed by atoms with Crippen molar-refractivity contribution in [1.29, 1.82) is 0 Å². The predicted molar refractivity (Wildman–Crippen MR) is 97.7 cm³/mol. The minimum Gasteiger partial charge on any atom is -0.396 e. The van der Waals surface area contributed by atoms with Gasteiger partial charge in [-0.05, 0) is 48.8 Å². The number of aliphatic hydroxyl groups excluding tert-OH is 1. The average molecular weight is 329 g/mol. The van der Waals surface area contributed by atoms with Crippen molar-refractivity contribution in [2.45, 2.75) is 40.0 Å². The second-order valence-corrected chi connectivity index (χ2v) is 7.76. The van der Waals surface area contributed by atoms with E-state index in [1.165, 1.54) is 6.42 Å². The van der Waals surface area contributed by atoms with Crippen LogP contribution in [0.1, 0.15) is 37.8 Å². The van der Waals surface area contributed by atoms with Crippen LogP contribution in [0.5, 0.6) is 0 Å². The standard InChI is InChI=1S/C19H27N3O2/c1-13-10-14(6-9-23)16-15(11-13)17(24)21(4)18(20-16)22-8-5-7-19(2,3)12-22/h10-11,23H,5-9,12H2,1-4H3. The quantitative estimate of drug-likeness (QED) is 0.939. The molecule has 1 aromatic carbocycles. The van der Waals surface area contributed by atoms with E-state index < -0.39 is 0 Å². The van der Waals surface area contributed by atoms with Gasteiger partial charge in [-0.15, -0.1) is 0 Å². The molecule has 3 rings (SSSR count). The van der Waals surface area contributed by atoms with Crippen LogP contribution in [0.25, 0.3) is 10.9 Å². The lowest BCUT2D eigenvalue weighted by atomic mass is 9.84. The molecule has 5 heteroatoms. The molecule has 0 spiro atoms. The monoisotopic (exact) mass is 329 g/mol. The summed E-state index contributed by atoms with van der Waals surface area (Å²) < 4.78 is 1.67. The molecule has 1 aromatic heterocycles. The molecular weight excluding hydrogens is 302 g/mol. The van der Waals surface area contributed by atoms with Crippen molar-refractivity contribution in [3.05, 3.63) is 33.6 Å². The van der Waals surface area contributed by atoms with Crippen LogP contribution in [0.4, 0.5) is 5.95 Å². The first-order chi connectivity index (χ1) is 11.3. The molecule has 0 atom stereocenters. The highest BCUT2D eigenvalue weighted by atomic mass is 16.3. The third-order valence-corrected chi connectivity index (χ3v) is 4.94. The zero-order valence-corrected chi connectivity index (χ0v) is 15.1. The average Bonchev–Trinajstić information content (AvgIpc) is 2.50. The van der Waals surface area contributed by atoms with Gasteiger partial charge in [0.25, 0.3) is 5.56 Å². The second kappa shape index (κ2) is 6.20. The van der Waals surface area contributed by atoms with Crippen molar-refractivity contribution < 1.29 is 5.11 Å². The van der Waals surface area contributed by atoms with Crippen molar-refractivity contribution in [2.75, 3.05) is 24.6 Å². The van der Waals surface area contributed by atoms with E-state index in [4.69, 9.17) is 4.98 Å². The van der Waals surface area contributed by atoms with Gasteiger partial charge in [-0.2, -0.15) is 0 Å². The number of anilines is 1. The van der Waals surface area contributed by atoms with E-state index in [2.05, 4.69) is 18.7 Å². The fraction of sp³-hybridized carbons (Fsp3) is 0.579. The maximum absolute atomic E-state index is 12.9. The summed E-state index contributed by atoms with van der Waals surface area (Å²) in [5, 5.41) is 10.00. The summed E-state index contributed by atoms with van der Waals surface area (Å²) in [5.74, 6) is 0.739. The SMILES string of the molecule is Cc1cc(CCO)c2nc(N3CCCC(C)(C)C3)n(C)c(=O)c2c1. The zero-order valence-electron chi connectivity index (χ0n) is 15.1. The summed E-state index contributed by atoms with van der Waals surface area (Å²) in [7, 11) is 1.81. The summed E-state index contributed by atoms with van der Waals surface area (Å²) >= 11 is 0. The Morgan fingerprint density at radius 2 is 2.08 bits per heavy atom. The molecule has 130 valence electrons. The van der Waals surface area contributed by atoms with E-state index in [0.29, 0.717) is 11.8 Å². The molecule has 0 saturated carbocycles. The van der Waals surface area contributed by atoms with Crippen LogP contribution in [-0.4, -0.2) is 34.4 Å². The molecule has 24 heavy (non-hydrogen) atoms. The Labute approximate surface area is 142 Å². The lowest BCUT2D eigenvalue weighted by molar-refractivity contribution is 0.289. The van der Waals surface area contributed by atoms with Gasteiger partial charge >= 0.3 is 0 Å². The number of rotatable bonds is 3. The smallest absolute Gasteiger partial charge is 0.262 e. The summed E-state index contributed by atoms with van der Waals surface area (Å²) in [6.45, 7) is 8.39. The fourth-order valence-electron chi connectivity index (χ4n) is 3.78. The fourth-order valence-corrected chi connectivity index (χ4v) is 3.78. The van der Waals surface area contributed by atoms with Gasteiger partial charge in [-0.25, -0.2) is 4.98 Å². The minimum absolute atomic E-state index is 0.0127. The van der Waals surface area contributed by atoms with E-state index in [9.17, 15) is 9.90 Å². The van der Waals surface area contributed by atoms with Gasteiger partial charge < -0.3 is 10.0 Å². The van der Waals surface area contributed by atoms with Crippen LogP contribution in [-0.2, 0) is 13.5 Å². The molecule has 0 amide bonds. The van der Waals surface area contributed by atoms with Crippen LogP contribution in [0.2, 0.25) is 0 Å². The number of benzene rings is 1. The number of hydrogen-bond donors (Lipinski definition) is 1. The van der Waals surface area contributed by atoms with E-state index in [-0.39, 0.29) is 17.6 Å². The molecule has 1 fully saturated rings. The van der Waals surface area contributed by atoms with Crippen molar-refractivity contribution in [3.63, 3.8) is 0 Å². The Bertz CT molecular complexity index is 823. The van der Waals surface area contributed by atoms with Crippen molar-refractivity contribution in [2.24, 2.45) is 12.5 Å². The van der Waals surface area contributed by atoms with Crippen LogP contribution in [0, 0.1) is 12.3 Å². The van der Waals surface area contributed by atoms with Crippen LogP contribution < -0.4 is 10.5 Å². The third-order valence-electron chi connectivity index (χ3n) is 4.94. The van der Waals surface area contributed by atoms with Crippen molar-refractivity contribution in [3.8, 4) is 0 Å². The van der Waals surface area contributed by atoms with Gasteiger partial charge in [0.2, 0.25) is 5.95 Å². The molecule has 0 bridgehead atoms. The number of fused-ring (bicyclic) bond motifs is 1. The highest BCUT2D eigenvalue weighted by molar-refractivity contribution is 5.83. The van der Waals surface area contributed by atoms with E-state index in [1.54, 1.807) is 11.6 Å². The number of nitrogens with zero attached hydrogens (tertiary/aromatic N) is 3. The maximum atomic E-state index is 12.9. The molecule has 1 N–H and O–H groups in total. The summed E-state index contributed by atoms with van der Waals surface area (Å²) in [6.07, 6.45) is 2.82. The third kappa shape index (κ3) is 3.05. The van der Waals surface area contributed by atoms with Gasteiger partial charge in [0.15, 0.2) is 0 Å². The van der Waals surface area contributed by atoms with Gasteiger partial charge in [-0.1, -0.05) is 19.9 Å². The Balaban J connectivity index is 2.19. The molecule has 1 aliphatic rings. The van der Waals surface area contributed by atoms with Crippen LogP contribution in [0.3, 0.4) is 0 Å². The molecule has 2 aromatic rings. The van der Waals surface area contributed by atoms with Crippen LogP contribution in [0.15, 0.2) is 16.9 Å². The Kier molecular flexibility index (Phi) is 4.38. The number of hydrogen-bond acceptors (Lipinski definition) is 4. The largest absolute Gasteiger partial charge is 0.396 e. The number of aromatic nitrogens is 2. The van der Waals surface area contributed by atoms with Gasteiger partial charge in [0.05, 0.1) is 10.9 Å². The van der Waals surface area contributed by atoms with Crippen LogP contribution >= 0.6 is 0 Å². The first kappa shape index (κ1) is 17.0. The Hall–Kier alpha value is -1.88. The van der Waals surface area contributed by atoms with E-state index in [1.807, 2.05) is 19.1 Å². The highest BCUT2D eigenvalue weighted by Crippen LogP contribution is 2.31. The molecule has 1 aliphatic heterocycles. The van der Waals surface area contributed by atoms with E-state index >= 15 is 0 Å². The first-order valence-corrected chi connectivity index (χ1v) is 8.68. The second-order valence-electron chi connectivity index (χ2n) is 7.76. The Morgan fingerprint density at radius 1 is 1.33 bits per heavy atom. The Morgan fingerprint density at radius 3 is 2.75 bits per heavy atom. The first-order valence-electron chi connectivity index (χ1n) is 8.68. The lowest BCUT2D eigenvalue weighted by Gasteiger charge is -2.39. The number of aryl methyl sites for hydroxylation is 1. The van der Waals surface area contributed by atoms with Gasteiger partial charge in [-0.3, -0.25) is 9.36 Å². The summed E-state index contributed by atoms with van der Waals surface area (Å²) in [4.78, 5) is 20.0. The zero-order chi connectivity index (χ0) is 17.5. The molecule has 0 aliphatic carbocycles. The maximum Gasteiger partial charge on any atom is 0.262 e. The summed E-state index contributed by atoms with van der Waals surface area (Å²) in [6, 6.07) is 3.92. The van der Waals surface area contributed by atoms with Crippen molar-refractivity contribution in [1.82, 2.24) is 9.55 Å². The highest BCUT2D eigenvalue weighted by Gasteiger charge is 2.28. The molecule has 1 saturated heterocycles. The topological polar surface area (TPSA) is 58.4 Å². The number of aliphatic hydroxyl groups is 1.